The molecule has 0 bridgehead atoms. The van der Waals surface area contributed by atoms with Gasteiger partial charge in [0.2, 0.25) is 0 Å². The van der Waals surface area contributed by atoms with Crippen LogP contribution < -0.4 is 10.5 Å². The van der Waals surface area contributed by atoms with Gasteiger partial charge in [-0.25, -0.2) is 4.39 Å². The molecule has 0 spiro atoms. The molecule has 2 N–H and O–H groups in total. The van der Waals surface area contributed by atoms with Crippen LogP contribution in [-0.4, -0.2) is 7.11 Å². The average molecular weight is 181 g/mol. The Hall–Kier alpha value is -1.09. The summed E-state index contributed by atoms with van der Waals surface area (Å²) in [6.45, 7) is 0. The Balaban J connectivity index is 2.56. The normalized spacial score (nSPS) is 20.1. The zero-order valence-electron chi connectivity index (χ0n) is 7.51. The summed E-state index contributed by atoms with van der Waals surface area (Å²) in [6.07, 6.45) is 1.77. The van der Waals surface area contributed by atoms with Crippen LogP contribution in [0.25, 0.3) is 0 Å². The molecule has 0 heterocycles. The second-order valence-electron chi connectivity index (χ2n) is 3.32. The molecule has 0 aromatic heterocycles. The molecule has 1 aliphatic carbocycles. The Morgan fingerprint density at radius 3 is 3.00 bits per heavy atom. The van der Waals surface area contributed by atoms with Gasteiger partial charge in [-0.2, -0.15) is 0 Å². The highest BCUT2D eigenvalue weighted by molar-refractivity contribution is 5.45. The Bertz CT molecular complexity index is 338. The van der Waals surface area contributed by atoms with E-state index in [1.54, 1.807) is 7.11 Å². The number of hydrogen-bond donors (Lipinski definition) is 1. The molecular weight excluding hydrogens is 169 g/mol. The van der Waals surface area contributed by atoms with Crippen molar-refractivity contribution in [2.45, 2.75) is 18.9 Å². The Labute approximate surface area is 76.5 Å². The molecule has 0 fully saturated rings. The third-order valence-electron chi connectivity index (χ3n) is 2.53. The van der Waals surface area contributed by atoms with Crippen LogP contribution in [0.3, 0.4) is 0 Å². The number of fused-ring (bicyclic) bond motifs is 1. The monoisotopic (exact) mass is 181 g/mol. The molecule has 70 valence electrons. The van der Waals surface area contributed by atoms with Crippen molar-refractivity contribution in [3.63, 3.8) is 0 Å². The lowest BCUT2D eigenvalue weighted by Crippen LogP contribution is -2.05. The maximum absolute atomic E-state index is 13.0. The zero-order valence-corrected chi connectivity index (χ0v) is 7.51. The van der Waals surface area contributed by atoms with Crippen LogP contribution >= 0.6 is 0 Å². The molecule has 2 nitrogen and oxygen atoms in total. The van der Waals surface area contributed by atoms with Crippen LogP contribution in [0.5, 0.6) is 5.75 Å². The van der Waals surface area contributed by atoms with E-state index in [1.165, 1.54) is 12.1 Å². The fourth-order valence-electron chi connectivity index (χ4n) is 1.87. The van der Waals surface area contributed by atoms with E-state index in [4.69, 9.17) is 10.5 Å². The molecule has 1 atom stereocenters. The number of ether oxygens (including phenoxy) is 1. The highest BCUT2D eigenvalue weighted by atomic mass is 19.1. The van der Waals surface area contributed by atoms with Crippen molar-refractivity contribution in [2.75, 3.05) is 7.11 Å². The van der Waals surface area contributed by atoms with E-state index in [9.17, 15) is 4.39 Å². The second-order valence-corrected chi connectivity index (χ2v) is 3.32. The molecule has 1 unspecified atom stereocenters. The van der Waals surface area contributed by atoms with Crippen molar-refractivity contribution in [1.82, 2.24) is 0 Å². The summed E-state index contributed by atoms with van der Waals surface area (Å²) in [5.41, 5.74) is 7.78. The van der Waals surface area contributed by atoms with Gasteiger partial charge in [0.25, 0.3) is 0 Å². The topological polar surface area (TPSA) is 35.2 Å². The van der Waals surface area contributed by atoms with E-state index in [-0.39, 0.29) is 11.9 Å². The van der Waals surface area contributed by atoms with Crippen LogP contribution in [0.2, 0.25) is 0 Å². The lowest BCUT2D eigenvalue weighted by molar-refractivity contribution is 0.407. The first-order valence-electron chi connectivity index (χ1n) is 4.34. The maximum atomic E-state index is 13.0. The van der Waals surface area contributed by atoms with Gasteiger partial charge in [0.1, 0.15) is 11.6 Å². The van der Waals surface area contributed by atoms with Gasteiger partial charge in [-0.05, 0) is 30.0 Å². The number of rotatable bonds is 1. The van der Waals surface area contributed by atoms with Crippen LogP contribution in [0.1, 0.15) is 23.6 Å². The molecule has 13 heavy (non-hydrogen) atoms. The highest BCUT2D eigenvalue weighted by Crippen LogP contribution is 2.36. The van der Waals surface area contributed by atoms with E-state index in [0.29, 0.717) is 5.75 Å². The fourth-order valence-corrected chi connectivity index (χ4v) is 1.87. The summed E-state index contributed by atoms with van der Waals surface area (Å²) >= 11 is 0. The van der Waals surface area contributed by atoms with E-state index in [2.05, 4.69) is 0 Å². The summed E-state index contributed by atoms with van der Waals surface area (Å²) in [5.74, 6) is 0.357. The summed E-state index contributed by atoms with van der Waals surface area (Å²) in [5, 5.41) is 0. The van der Waals surface area contributed by atoms with Gasteiger partial charge in [0.05, 0.1) is 7.11 Å². The van der Waals surface area contributed by atoms with E-state index < -0.39 is 0 Å². The minimum atomic E-state index is -0.270. The van der Waals surface area contributed by atoms with Crippen LogP contribution in [0, 0.1) is 5.82 Å². The minimum Gasteiger partial charge on any atom is -0.496 e. The molecule has 2 rings (SSSR count). The van der Waals surface area contributed by atoms with Gasteiger partial charge < -0.3 is 10.5 Å². The molecule has 1 aliphatic rings. The number of halogens is 1. The summed E-state index contributed by atoms with van der Waals surface area (Å²) in [4.78, 5) is 0. The third kappa shape index (κ3) is 1.29. The number of benzene rings is 1. The lowest BCUT2D eigenvalue weighted by Gasteiger charge is -2.08. The first-order valence-corrected chi connectivity index (χ1v) is 4.34. The Kier molecular flexibility index (Phi) is 1.96. The van der Waals surface area contributed by atoms with Gasteiger partial charge in [0.15, 0.2) is 0 Å². The molecule has 0 saturated heterocycles. The molecule has 3 heteroatoms. The predicted molar refractivity (Wildman–Crippen MR) is 48.2 cm³/mol. The highest BCUT2D eigenvalue weighted by Gasteiger charge is 2.23. The number of nitrogens with two attached hydrogens (primary N) is 1. The van der Waals surface area contributed by atoms with Crippen LogP contribution in [0.15, 0.2) is 12.1 Å². The number of methoxy groups -OCH3 is 1. The molecule has 1 aromatic carbocycles. The molecular formula is C10H12FNO. The number of hydrogen-bond acceptors (Lipinski definition) is 2. The summed E-state index contributed by atoms with van der Waals surface area (Å²) in [7, 11) is 1.55. The molecule has 0 radical (unpaired) electrons. The quantitative estimate of drug-likeness (QED) is 0.716. The first kappa shape index (κ1) is 8.51. The maximum Gasteiger partial charge on any atom is 0.127 e. The van der Waals surface area contributed by atoms with Gasteiger partial charge >= 0.3 is 0 Å². The van der Waals surface area contributed by atoms with Crippen molar-refractivity contribution in [1.29, 1.82) is 0 Å². The van der Waals surface area contributed by atoms with Gasteiger partial charge in [-0.15, -0.1) is 0 Å². The van der Waals surface area contributed by atoms with E-state index in [1.807, 2.05) is 0 Å². The Morgan fingerprint density at radius 1 is 1.54 bits per heavy atom. The lowest BCUT2D eigenvalue weighted by atomic mass is 10.1. The minimum absolute atomic E-state index is 0.0281. The van der Waals surface area contributed by atoms with Crippen molar-refractivity contribution in [2.24, 2.45) is 5.73 Å². The van der Waals surface area contributed by atoms with E-state index in [0.717, 1.165) is 24.0 Å². The molecule has 0 amide bonds. The molecule has 0 saturated carbocycles. The average Bonchev–Trinajstić information content (AvgIpc) is 2.47. The summed E-state index contributed by atoms with van der Waals surface area (Å²) < 4.78 is 18.1. The second kappa shape index (κ2) is 3.00. The fraction of sp³-hybridized carbons (Fsp3) is 0.400. The van der Waals surface area contributed by atoms with Crippen LogP contribution in [-0.2, 0) is 6.42 Å². The van der Waals surface area contributed by atoms with Crippen molar-refractivity contribution in [3.8, 4) is 5.75 Å². The largest absolute Gasteiger partial charge is 0.496 e. The van der Waals surface area contributed by atoms with Gasteiger partial charge in [-0.1, -0.05) is 0 Å². The zero-order chi connectivity index (χ0) is 9.42. The van der Waals surface area contributed by atoms with Crippen molar-refractivity contribution < 1.29 is 9.13 Å². The summed E-state index contributed by atoms with van der Waals surface area (Å²) in [6, 6.07) is 2.89. The van der Waals surface area contributed by atoms with Crippen LogP contribution in [0.4, 0.5) is 4.39 Å². The smallest absolute Gasteiger partial charge is 0.127 e. The third-order valence-corrected chi connectivity index (χ3v) is 2.53. The van der Waals surface area contributed by atoms with Gasteiger partial charge in [-0.3, -0.25) is 0 Å². The standard InChI is InChI=1S/C10H12FNO/c1-13-10-5-6(11)4-8-7(10)2-3-9(8)12/h4-5,9H,2-3,12H2,1H3. The van der Waals surface area contributed by atoms with Crippen molar-refractivity contribution >= 4 is 0 Å². The first-order chi connectivity index (χ1) is 6.22. The molecule has 1 aromatic rings. The Morgan fingerprint density at radius 2 is 2.31 bits per heavy atom. The van der Waals surface area contributed by atoms with E-state index >= 15 is 0 Å². The predicted octanol–water partition coefficient (Wildman–Crippen LogP) is 1.78. The van der Waals surface area contributed by atoms with Crippen molar-refractivity contribution in [3.05, 3.63) is 29.1 Å². The molecule has 0 aliphatic heterocycles. The van der Waals surface area contributed by atoms with Gasteiger partial charge in [0, 0.05) is 12.1 Å². The SMILES string of the molecule is COc1cc(F)cc2c1CCC2N.